The third-order valence-electron chi connectivity index (χ3n) is 2.68. The van der Waals surface area contributed by atoms with Crippen molar-refractivity contribution in [2.24, 2.45) is 10.7 Å². The molecule has 100 valence electrons. The van der Waals surface area contributed by atoms with Gasteiger partial charge in [-0.25, -0.2) is 0 Å². The molecule has 2 rings (SSSR count). The topological polar surface area (TPSA) is 84.5 Å². The standard InChI is InChI=1S/C12H12ClN3O2S/c1-6-7(13)3-2-4-8(6)15-11(18)9-5-10(17)16-12(14)19-9/h2-4,9H,5H2,1H3,(H,15,18)(H2,14,16,17). The van der Waals surface area contributed by atoms with Crippen LogP contribution in [0.1, 0.15) is 12.0 Å². The van der Waals surface area contributed by atoms with Crippen molar-refractivity contribution in [3.05, 3.63) is 28.8 Å². The number of carbonyl (C=O) groups is 2. The molecule has 0 aliphatic carbocycles. The molecular formula is C12H12ClN3O2S. The Balaban J connectivity index is 2.12. The first kappa shape index (κ1) is 13.9. The molecule has 0 radical (unpaired) electrons. The molecule has 0 bridgehead atoms. The summed E-state index contributed by atoms with van der Waals surface area (Å²) in [4.78, 5) is 26.9. The normalized spacial score (nSPS) is 18.9. The number of hydrogen-bond acceptors (Lipinski definition) is 4. The van der Waals surface area contributed by atoms with Gasteiger partial charge in [0.25, 0.3) is 0 Å². The number of nitrogens with two attached hydrogens (primary N) is 1. The highest BCUT2D eigenvalue weighted by Gasteiger charge is 2.28. The summed E-state index contributed by atoms with van der Waals surface area (Å²) in [6.07, 6.45) is 0.0524. The summed E-state index contributed by atoms with van der Waals surface area (Å²) in [5.74, 6) is -0.652. The quantitative estimate of drug-likeness (QED) is 0.873. The van der Waals surface area contributed by atoms with Crippen molar-refractivity contribution in [2.75, 3.05) is 5.32 Å². The number of nitrogens with zero attached hydrogens (tertiary/aromatic N) is 1. The van der Waals surface area contributed by atoms with E-state index in [1.165, 1.54) is 0 Å². The minimum Gasteiger partial charge on any atom is -0.378 e. The second kappa shape index (κ2) is 5.63. The van der Waals surface area contributed by atoms with Crippen molar-refractivity contribution in [3.8, 4) is 0 Å². The van der Waals surface area contributed by atoms with E-state index in [2.05, 4.69) is 10.3 Å². The van der Waals surface area contributed by atoms with Gasteiger partial charge in [0.05, 0.1) is 6.42 Å². The molecule has 1 aliphatic rings. The molecule has 7 heteroatoms. The number of nitrogens with one attached hydrogen (secondary N) is 1. The number of aliphatic imine (C=N–C) groups is 1. The first-order valence-electron chi connectivity index (χ1n) is 5.57. The SMILES string of the molecule is Cc1c(Cl)cccc1NC(=O)C1CC(=O)N=C(N)S1. The molecule has 0 fully saturated rings. The largest absolute Gasteiger partial charge is 0.378 e. The Kier molecular flexibility index (Phi) is 4.11. The Morgan fingerprint density at radius 1 is 1.58 bits per heavy atom. The molecule has 5 nitrogen and oxygen atoms in total. The van der Waals surface area contributed by atoms with Crippen molar-refractivity contribution < 1.29 is 9.59 Å². The van der Waals surface area contributed by atoms with E-state index in [0.717, 1.165) is 17.3 Å². The van der Waals surface area contributed by atoms with E-state index in [1.54, 1.807) is 18.2 Å². The number of amides is 2. The Hall–Kier alpha value is -1.53. The first-order valence-corrected chi connectivity index (χ1v) is 6.83. The number of amidine groups is 1. The molecule has 1 aliphatic heterocycles. The number of hydrogen-bond donors (Lipinski definition) is 2. The lowest BCUT2D eigenvalue weighted by atomic mass is 10.2. The Bertz CT molecular complexity index is 574. The summed E-state index contributed by atoms with van der Waals surface area (Å²) in [7, 11) is 0. The Morgan fingerprint density at radius 2 is 2.32 bits per heavy atom. The van der Waals surface area contributed by atoms with Crippen LogP contribution >= 0.6 is 23.4 Å². The van der Waals surface area contributed by atoms with Gasteiger partial charge < -0.3 is 11.1 Å². The minimum absolute atomic E-state index is 0.0524. The fourth-order valence-corrected chi connectivity index (χ4v) is 2.66. The van der Waals surface area contributed by atoms with E-state index < -0.39 is 5.25 Å². The monoisotopic (exact) mass is 297 g/mol. The van der Waals surface area contributed by atoms with Gasteiger partial charge in [0, 0.05) is 10.7 Å². The summed E-state index contributed by atoms with van der Waals surface area (Å²) in [5, 5.41) is 2.90. The predicted molar refractivity (Wildman–Crippen MR) is 77.4 cm³/mol. The van der Waals surface area contributed by atoms with Gasteiger partial charge in [0.1, 0.15) is 5.25 Å². The van der Waals surface area contributed by atoms with Gasteiger partial charge >= 0.3 is 0 Å². The zero-order valence-electron chi connectivity index (χ0n) is 10.1. The number of benzene rings is 1. The maximum absolute atomic E-state index is 12.1. The van der Waals surface area contributed by atoms with Crippen LogP contribution < -0.4 is 11.1 Å². The van der Waals surface area contributed by atoms with Crippen LogP contribution in [0.15, 0.2) is 23.2 Å². The van der Waals surface area contributed by atoms with Crippen LogP contribution in [0, 0.1) is 6.92 Å². The van der Waals surface area contributed by atoms with Crippen molar-refractivity contribution in [2.45, 2.75) is 18.6 Å². The maximum Gasteiger partial charge on any atom is 0.249 e. The van der Waals surface area contributed by atoms with Gasteiger partial charge in [-0.05, 0) is 24.6 Å². The number of carbonyl (C=O) groups excluding carboxylic acids is 2. The third-order valence-corrected chi connectivity index (χ3v) is 4.08. The van der Waals surface area contributed by atoms with Gasteiger partial charge in [-0.3, -0.25) is 9.59 Å². The molecular weight excluding hydrogens is 286 g/mol. The van der Waals surface area contributed by atoms with Gasteiger partial charge in [-0.1, -0.05) is 29.4 Å². The molecule has 1 heterocycles. The summed E-state index contributed by atoms with van der Waals surface area (Å²) in [6, 6.07) is 5.25. The highest BCUT2D eigenvalue weighted by atomic mass is 35.5. The lowest BCUT2D eigenvalue weighted by Gasteiger charge is -2.18. The zero-order chi connectivity index (χ0) is 14.0. The van der Waals surface area contributed by atoms with Crippen molar-refractivity contribution in [1.82, 2.24) is 0 Å². The Labute approximate surface area is 119 Å². The molecule has 2 amide bonds. The van der Waals surface area contributed by atoms with Crippen molar-refractivity contribution in [3.63, 3.8) is 0 Å². The molecule has 1 aromatic carbocycles. The molecule has 1 aromatic rings. The summed E-state index contributed by atoms with van der Waals surface area (Å²) in [6.45, 7) is 1.81. The molecule has 0 spiro atoms. The van der Waals surface area contributed by atoms with Crippen molar-refractivity contribution in [1.29, 1.82) is 0 Å². The minimum atomic E-state index is -0.552. The predicted octanol–water partition coefficient (Wildman–Crippen LogP) is 1.93. The van der Waals surface area contributed by atoms with E-state index in [-0.39, 0.29) is 23.4 Å². The summed E-state index contributed by atoms with van der Waals surface area (Å²) < 4.78 is 0. The van der Waals surface area contributed by atoms with Gasteiger partial charge in [-0.2, -0.15) is 4.99 Å². The fourth-order valence-electron chi connectivity index (χ4n) is 1.64. The Morgan fingerprint density at radius 3 is 3.00 bits per heavy atom. The molecule has 1 atom stereocenters. The molecule has 19 heavy (non-hydrogen) atoms. The van der Waals surface area contributed by atoms with Gasteiger partial charge in [-0.15, -0.1) is 0 Å². The van der Waals surface area contributed by atoms with Crippen LogP contribution in [0.4, 0.5) is 5.69 Å². The van der Waals surface area contributed by atoms with Crippen LogP contribution in [-0.2, 0) is 9.59 Å². The molecule has 3 N–H and O–H groups in total. The number of halogens is 1. The third kappa shape index (κ3) is 3.27. The smallest absolute Gasteiger partial charge is 0.249 e. The van der Waals surface area contributed by atoms with E-state index in [1.807, 2.05) is 6.92 Å². The number of anilines is 1. The van der Waals surface area contributed by atoms with E-state index >= 15 is 0 Å². The molecule has 0 aromatic heterocycles. The van der Waals surface area contributed by atoms with E-state index in [4.69, 9.17) is 17.3 Å². The number of rotatable bonds is 2. The fraction of sp³-hybridized carbons (Fsp3) is 0.250. The zero-order valence-corrected chi connectivity index (χ0v) is 11.7. The van der Waals surface area contributed by atoms with Crippen LogP contribution in [-0.4, -0.2) is 22.2 Å². The second-order valence-electron chi connectivity index (χ2n) is 4.06. The summed E-state index contributed by atoms with van der Waals surface area (Å²) in [5.41, 5.74) is 6.91. The summed E-state index contributed by atoms with van der Waals surface area (Å²) >= 11 is 7.07. The average molecular weight is 298 g/mol. The molecule has 1 unspecified atom stereocenters. The van der Waals surface area contributed by atoms with E-state index in [9.17, 15) is 9.59 Å². The van der Waals surface area contributed by atoms with Crippen LogP contribution in [0.2, 0.25) is 5.02 Å². The maximum atomic E-state index is 12.1. The van der Waals surface area contributed by atoms with Crippen LogP contribution in [0.5, 0.6) is 0 Å². The molecule has 0 saturated carbocycles. The van der Waals surface area contributed by atoms with Crippen LogP contribution in [0.25, 0.3) is 0 Å². The highest BCUT2D eigenvalue weighted by molar-refractivity contribution is 8.15. The van der Waals surface area contributed by atoms with Gasteiger partial charge in [0.2, 0.25) is 11.8 Å². The van der Waals surface area contributed by atoms with Gasteiger partial charge in [0.15, 0.2) is 5.17 Å². The number of thioether (sulfide) groups is 1. The van der Waals surface area contributed by atoms with E-state index in [0.29, 0.717) is 10.7 Å². The average Bonchev–Trinajstić information content (AvgIpc) is 2.33. The first-order chi connectivity index (χ1) is 8.97. The highest BCUT2D eigenvalue weighted by Crippen LogP contribution is 2.26. The van der Waals surface area contributed by atoms with Crippen molar-refractivity contribution >= 4 is 46.0 Å². The second-order valence-corrected chi connectivity index (χ2v) is 5.69. The lowest BCUT2D eigenvalue weighted by Crippen LogP contribution is -2.33. The van der Waals surface area contributed by atoms with Crippen LogP contribution in [0.3, 0.4) is 0 Å². The molecule has 0 saturated heterocycles. The lowest BCUT2D eigenvalue weighted by molar-refractivity contribution is -0.121.